The zero-order valence-corrected chi connectivity index (χ0v) is 13.6. The number of carboxylic acids is 1. The van der Waals surface area contributed by atoms with Gasteiger partial charge in [0.05, 0.1) is 0 Å². The highest BCUT2D eigenvalue weighted by Gasteiger charge is 2.16. The van der Waals surface area contributed by atoms with Crippen molar-refractivity contribution >= 4 is 11.7 Å². The lowest BCUT2D eigenvalue weighted by atomic mass is 10.0. The summed E-state index contributed by atoms with van der Waals surface area (Å²) in [5, 5.41) is 15.9. The van der Waals surface area contributed by atoms with Crippen LogP contribution in [0.15, 0.2) is 53.1 Å². The van der Waals surface area contributed by atoms with Crippen LogP contribution in [0.2, 0.25) is 0 Å². The average molecular weight is 338 g/mol. The van der Waals surface area contributed by atoms with Crippen molar-refractivity contribution in [2.75, 3.05) is 12.8 Å². The largest absolute Gasteiger partial charge is 0.480 e. The van der Waals surface area contributed by atoms with Crippen LogP contribution in [0.5, 0.6) is 0 Å². The fraction of sp³-hybridized carbons (Fsp3) is 0.167. The monoisotopic (exact) mass is 338 g/mol. The number of carbonyl (C=O) groups is 1. The van der Waals surface area contributed by atoms with Crippen LogP contribution in [0, 0.1) is 0 Å². The Morgan fingerprint density at radius 1 is 1.16 bits per heavy atom. The quantitative estimate of drug-likeness (QED) is 0.590. The first-order valence-electron chi connectivity index (χ1n) is 7.76. The maximum Gasteiger partial charge on any atom is 0.321 e. The number of nitrogens with zero attached hydrogens (tertiary/aromatic N) is 2. The van der Waals surface area contributed by atoms with E-state index in [1.165, 1.54) is 0 Å². The summed E-state index contributed by atoms with van der Waals surface area (Å²) in [6.07, 6.45) is 0.398. The molecule has 1 unspecified atom stereocenters. The lowest BCUT2D eigenvalue weighted by Gasteiger charge is -2.10. The van der Waals surface area contributed by atoms with Gasteiger partial charge in [-0.3, -0.25) is 4.79 Å². The second-order valence-corrected chi connectivity index (χ2v) is 5.63. The van der Waals surface area contributed by atoms with E-state index in [4.69, 9.17) is 15.4 Å². The average Bonchev–Trinajstić information content (AvgIpc) is 3.10. The van der Waals surface area contributed by atoms with E-state index in [9.17, 15) is 4.79 Å². The highest BCUT2D eigenvalue weighted by molar-refractivity contribution is 5.74. The summed E-state index contributed by atoms with van der Waals surface area (Å²) in [5.41, 5.74) is 8.84. The molecular weight excluding hydrogens is 320 g/mol. The lowest BCUT2D eigenvalue weighted by molar-refractivity contribution is -0.139. The molecule has 128 valence electrons. The fourth-order valence-corrected chi connectivity index (χ4v) is 2.42. The van der Waals surface area contributed by atoms with Crippen molar-refractivity contribution in [1.82, 2.24) is 15.5 Å². The van der Waals surface area contributed by atoms with E-state index in [2.05, 4.69) is 15.5 Å². The number of benzene rings is 2. The maximum absolute atomic E-state index is 11.1. The van der Waals surface area contributed by atoms with Crippen LogP contribution in [-0.4, -0.2) is 34.3 Å². The SMILES string of the molecule is CNC(Cc1ccc(-c2noc(-c3ccc(N)cc3)n2)cc1)C(=O)O. The number of rotatable bonds is 6. The maximum atomic E-state index is 11.1. The minimum Gasteiger partial charge on any atom is -0.480 e. The first kappa shape index (κ1) is 16.7. The van der Waals surface area contributed by atoms with Crippen LogP contribution in [0.25, 0.3) is 22.8 Å². The molecule has 4 N–H and O–H groups in total. The Morgan fingerprint density at radius 3 is 2.40 bits per heavy atom. The van der Waals surface area contributed by atoms with Crippen LogP contribution in [0.3, 0.4) is 0 Å². The normalized spacial score (nSPS) is 12.0. The molecule has 0 saturated heterocycles. The highest BCUT2D eigenvalue weighted by atomic mass is 16.5. The minimum atomic E-state index is -0.877. The smallest absolute Gasteiger partial charge is 0.321 e. The second kappa shape index (κ2) is 7.14. The van der Waals surface area contributed by atoms with Gasteiger partial charge in [0.1, 0.15) is 6.04 Å². The molecule has 0 radical (unpaired) electrons. The Hall–Kier alpha value is -3.19. The van der Waals surface area contributed by atoms with Crippen molar-refractivity contribution in [2.24, 2.45) is 0 Å². The molecule has 0 fully saturated rings. The Morgan fingerprint density at radius 2 is 1.80 bits per heavy atom. The van der Waals surface area contributed by atoms with Gasteiger partial charge in [0, 0.05) is 16.8 Å². The Kier molecular flexibility index (Phi) is 4.76. The van der Waals surface area contributed by atoms with E-state index >= 15 is 0 Å². The Labute approximate surface area is 144 Å². The number of aromatic nitrogens is 2. The van der Waals surface area contributed by atoms with Crippen molar-refractivity contribution in [3.63, 3.8) is 0 Å². The molecule has 0 aliphatic carbocycles. The Balaban J connectivity index is 1.77. The molecule has 7 heteroatoms. The number of hydrogen-bond donors (Lipinski definition) is 3. The van der Waals surface area contributed by atoms with Crippen molar-refractivity contribution in [2.45, 2.75) is 12.5 Å². The Bertz CT molecular complexity index is 857. The predicted octanol–water partition coefficient (Wildman–Crippen LogP) is 2.20. The summed E-state index contributed by atoms with van der Waals surface area (Å²) in [5.74, 6) is 0.0138. The summed E-state index contributed by atoms with van der Waals surface area (Å²) in [7, 11) is 1.63. The summed E-state index contributed by atoms with van der Waals surface area (Å²) >= 11 is 0. The molecule has 0 amide bonds. The van der Waals surface area contributed by atoms with Crippen molar-refractivity contribution < 1.29 is 14.4 Å². The number of hydrogen-bond acceptors (Lipinski definition) is 6. The van der Waals surface area contributed by atoms with Gasteiger partial charge in [-0.25, -0.2) is 0 Å². The predicted molar refractivity (Wildman–Crippen MR) is 93.8 cm³/mol. The zero-order valence-electron chi connectivity index (χ0n) is 13.6. The van der Waals surface area contributed by atoms with Crippen LogP contribution < -0.4 is 11.1 Å². The number of nitrogens with two attached hydrogens (primary N) is 1. The molecule has 1 aromatic heterocycles. The molecule has 0 saturated carbocycles. The zero-order chi connectivity index (χ0) is 17.8. The minimum absolute atomic E-state index is 0.398. The molecule has 0 spiro atoms. The molecule has 0 bridgehead atoms. The van der Waals surface area contributed by atoms with E-state index in [0.717, 1.165) is 16.7 Å². The molecule has 0 aliphatic rings. The fourth-order valence-electron chi connectivity index (χ4n) is 2.42. The number of nitrogens with one attached hydrogen (secondary N) is 1. The van der Waals surface area contributed by atoms with Gasteiger partial charge in [-0.15, -0.1) is 0 Å². The molecule has 1 heterocycles. The molecule has 1 atom stereocenters. The van der Waals surface area contributed by atoms with E-state index in [1.54, 1.807) is 19.2 Å². The first-order valence-corrected chi connectivity index (χ1v) is 7.76. The number of carboxylic acid groups (broad SMARTS) is 1. The number of likely N-dealkylation sites (N-methyl/N-ethyl adjacent to an activating group) is 1. The second-order valence-electron chi connectivity index (χ2n) is 5.63. The molecule has 0 aliphatic heterocycles. The molecule has 2 aromatic carbocycles. The van der Waals surface area contributed by atoms with E-state index in [0.29, 0.717) is 23.8 Å². The highest BCUT2D eigenvalue weighted by Crippen LogP contribution is 2.23. The van der Waals surface area contributed by atoms with Crippen molar-refractivity contribution in [1.29, 1.82) is 0 Å². The van der Waals surface area contributed by atoms with Crippen LogP contribution in [0.4, 0.5) is 5.69 Å². The molecular formula is C18H18N4O3. The summed E-state index contributed by atoms with van der Waals surface area (Å²) in [6.45, 7) is 0. The molecule has 3 rings (SSSR count). The third-order valence-corrected chi connectivity index (χ3v) is 3.88. The third-order valence-electron chi connectivity index (χ3n) is 3.88. The van der Waals surface area contributed by atoms with Crippen LogP contribution in [-0.2, 0) is 11.2 Å². The van der Waals surface area contributed by atoms with E-state index in [-0.39, 0.29) is 0 Å². The number of aliphatic carboxylic acids is 1. The number of nitrogen functional groups attached to an aromatic ring is 1. The van der Waals surface area contributed by atoms with Gasteiger partial charge >= 0.3 is 5.97 Å². The van der Waals surface area contributed by atoms with Crippen molar-refractivity contribution in [3.05, 3.63) is 54.1 Å². The van der Waals surface area contributed by atoms with Crippen LogP contribution >= 0.6 is 0 Å². The van der Waals surface area contributed by atoms with Gasteiger partial charge in [0.15, 0.2) is 0 Å². The van der Waals surface area contributed by atoms with Gasteiger partial charge in [0.25, 0.3) is 5.89 Å². The van der Waals surface area contributed by atoms with Gasteiger partial charge in [-0.1, -0.05) is 29.4 Å². The summed E-state index contributed by atoms with van der Waals surface area (Å²) in [4.78, 5) is 15.5. The van der Waals surface area contributed by atoms with Gasteiger partial charge in [-0.05, 0) is 43.3 Å². The first-order chi connectivity index (χ1) is 12.1. The summed E-state index contributed by atoms with van der Waals surface area (Å²) < 4.78 is 5.30. The van der Waals surface area contributed by atoms with Crippen LogP contribution in [0.1, 0.15) is 5.56 Å². The third kappa shape index (κ3) is 3.84. The molecule has 3 aromatic rings. The molecule has 25 heavy (non-hydrogen) atoms. The van der Waals surface area contributed by atoms with E-state index in [1.807, 2.05) is 36.4 Å². The van der Waals surface area contributed by atoms with Gasteiger partial charge in [-0.2, -0.15) is 4.98 Å². The topological polar surface area (TPSA) is 114 Å². The van der Waals surface area contributed by atoms with Gasteiger partial charge in [0.2, 0.25) is 5.82 Å². The molecule has 7 nitrogen and oxygen atoms in total. The summed E-state index contributed by atoms with van der Waals surface area (Å²) in [6, 6.07) is 14.0. The standard InChI is InChI=1S/C18H18N4O3/c1-20-15(18(23)24)10-11-2-4-12(5-3-11)16-21-17(25-22-16)13-6-8-14(19)9-7-13/h2-9,15,20H,10,19H2,1H3,(H,23,24). The van der Waals surface area contributed by atoms with E-state index < -0.39 is 12.0 Å². The van der Waals surface area contributed by atoms with Crippen molar-refractivity contribution in [3.8, 4) is 22.8 Å². The van der Waals surface area contributed by atoms with Gasteiger partial charge < -0.3 is 20.7 Å². The number of anilines is 1. The lowest BCUT2D eigenvalue weighted by Crippen LogP contribution is -2.35.